The summed E-state index contributed by atoms with van der Waals surface area (Å²) in [5.74, 6) is 4.51. The molecule has 6 heteroatoms. The monoisotopic (exact) mass is 380 g/mol. The smallest absolute Gasteiger partial charge is 0.225 e. The number of carbonyl (C=O) groups is 2. The van der Waals surface area contributed by atoms with Crippen molar-refractivity contribution in [3.8, 4) is 17.6 Å². The Morgan fingerprint density at radius 3 is 2.32 bits per heavy atom. The average Bonchev–Trinajstić information content (AvgIpc) is 2.73. The Kier molecular flexibility index (Phi) is 9.28. The minimum Gasteiger partial charge on any atom is -0.488 e. The van der Waals surface area contributed by atoms with Crippen molar-refractivity contribution in [2.75, 3.05) is 26.3 Å². The van der Waals surface area contributed by atoms with Crippen LogP contribution in [0.4, 0.5) is 0 Å². The van der Waals surface area contributed by atoms with Crippen LogP contribution in [0.15, 0.2) is 54.6 Å². The zero-order chi connectivity index (χ0) is 20.0. The van der Waals surface area contributed by atoms with Crippen LogP contribution in [-0.2, 0) is 20.9 Å². The van der Waals surface area contributed by atoms with Gasteiger partial charge in [0, 0.05) is 13.1 Å². The van der Waals surface area contributed by atoms with E-state index in [1.807, 2.05) is 36.4 Å². The van der Waals surface area contributed by atoms with E-state index in [1.165, 1.54) is 0 Å². The molecule has 1 amide bonds. The van der Waals surface area contributed by atoms with Crippen LogP contribution in [-0.4, -0.2) is 38.0 Å². The lowest BCUT2D eigenvalue weighted by molar-refractivity contribution is -0.123. The van der Waals surface area contributed by atoms with Gasteiger partial charge in [0.1, 0.15) is 12.4 Å². The second-order valence-corrected chi connectivity index (χ2v) is 5.95. The largest absolute Gasteiger partial charge is 0.488 e. The van der Waals surface area contributed by atoms with Crippen molar-refractivity contribution in [3.63, 3.8) is 0 Å². The summed E-state index contributed by atoms with van der Waals surface area (Å²) < 4.78 is 10.7. The summed E-state index contributed by atoms with van der Waals surface area (Å²) in [6.45, 7) is 4.24. The van der Waals surface area contributed by atoms with Gasteiger partial charge in [-0.15, -0.1) is 0 Å². The summed E-state index contributed by atoms with van der Waals surface area (Å²) >= 11 is 0. The van der Waals surface area contributed by atoms with E-state index in [9.17, 15) is 9.59 Å². The third-order valence-corrected chi connectivity index (χ3v) is 3.64. The van der Waals surface area contributed by atoms with Crippen LogP contribution in [0.25, 0.3) is 0 Å². The van der Waals surface area contributed by atoms with Gasteiger partial charge in [0.15, 0.2) is 0 Å². The van der Waals surface area contributed by atoms with E-state index in [0.29, 0.717) is 17.9 Å². The van der Waals surface area contributed by atoms with Crippen molar-refractivity contribution in [1.29, 1.82) is 0 Å². The number of carbonyl (C=O) groups excluding carboxylic acids is 2. The second kappa shape index (κ2) is 12.3. The molecular formula is C22H24N2O4. The molecule has 146 valence electrons. The third kappa shape index (κ3) is 8.49. The summed E-state index contributed by atoms with van der Waals surface area (Å²) in [6, 6.07) is 16.9. The van der Waals surface area contributed by atoms with Gasteiger partial charge in [0.25, 0.3) is 0 Å². The molecule has 3 rings (SSSR count). The maximum atomic E-state index is 11.4. The molecule has 0 radical (unpaired) electrons. The van der Waals surface area contributed by atoms with Gasteiger partial charge >= 0.3 is 0 Å². The topological polar surface area (TPSA) is 90.6 Å². The molecule has 1 aliphatic rings. The highest BCUT2D eigenvalue weighted by atomic mass is 16.5. The Bertz CT molecular complexity index is 810. The van der Waals surface area contributed by atoms with Gasteiger partial charge in [-0.3, -0.25) is 9.59 Å². The van der Waals surface area contributed by atoms with Gasteiger partial charge in [-0.1, -0.05) is 48.4 Å². The number of amides is 1. The Labute approximate surface area is 165 Å². The van der Waals surface area contributed by atoms with Crippen LogP contribution in [0.1, 0.15) is 17.5 Å². The number of benzene rings is 2. The number of hydrogen-bond acceptors (Lipinski definition) is 5. The van der Waals surface area contributed by atoms with Crippen LogP contribution in [0.2, 0.25) is 0 Å². The number of nitrogens with one attached hydrogen (secondary N) is 1. The second-order valence-electron chi connectivity index (χ2n) is 5.95. The van der Waals surface area contributed by atoms with Crippen molar-refractivity contribution in [1.82, 2.24) is 5.32 Å². The molecule has 1 fully saturated rings. The van der Waals surface area contributed by atoms with Crippen molar-refractivity contribution in [2.24, 2.45) is 5.73 Å². The van der Waals surface area contributed by atoms with Gasteiger partial charge in [-0.25, -0.2) is 0 Å². The number of para-hydroxylation sites is 1. The summed E-state index contributed by atoms with van der Waals surface area (Å²) in [7, 11) is 0. The lowest BCUT2D eigenvalue weighted by atomic mass is 10.2. The van der Waals surface area contributed by atoms with Crippen LogP contribution < -0.4 is 15.8 Å². The third-order valence-electron chi connectivity index (χ3n) is 3.64. The summed E-state index contributed by atoms with van der Waals surface area (Å²) in [5, 5.41) is 3.16. The lowest BCUT2D eigenvalue weighted by Gasteiger charge is -2.10. The predicted octanol–water partition coefficient (Wildman–Crippen LogP) is 1.67. The van der Waals surface area contributed by atoms with Crippen molar-refractivity contribution >= 4 is 11.7 Å². The van der Waals surface area contributed by atoms with Crippen molar-refractivity contribution in [2.45, 2.75) is 13.0 Å². The maximum absolute atomic E-state index is 11.4. The first-order chi connectivity index (χ1) is 13.6. The standard InChI is InChI=1S/C18H15NO3.C4H9NO/c19-18(21)12-16(20)11-10-15-8-4-5-9-17(15)22-13-14-6-2-1-3-7-14;1-3-6-4-2-5-1/h1-9H,12-13H2,(H2,19,21);5H,1-4H2. The highest BCUT2D eigenvalue weighted by Gasteiger charge is 2.04. The Morgan fingerprint density at radius 1 is 1.04 bits per heavy atom. The molecule has 3 N–H and O–H groups in total. The lowest BCUT2D eigenvalue weighted by Crippen LogP contribution is -2.30. The number of rotatable bonds is 5. The molecule has 0 atom stereocenters. The van der Waals surface area contributed by atoms with Crippen molar-refractivity contribution in [3.05, 3.63) is 65.7 Å². The molecule has 0 aromatic heterocycles. The average molecular weight is 380 g/mol. The van der Waals surface area contributed by atoms with E-state index in [4.69, 9.17) is 15.2 Å². The van der Waals surface area contributed by atoms with Crippen LogP contribution in [0.5, 0.6) is 5.75 Å². The maximum Gasteiger partial charge on any atom is 0.225 e. The molecule has 0 spiro atoms. The fraction of sp³-hybridized carbons (Fsp3) is 0.273. The zero-order valence-corrected chi connectivity index (χ0v) is 15.6. The molecule has 0 saturated carbocycles. The van der Waals surface area contributed by atoms with Gasteiger partial charge in [-0.05, 0) is 23.6 Å². The van der Waals surface area contributed by atoms with Gasteiger partial charge < -0.3 is 20.5 Å². The minimum absolute atomic E-state index is 0.375. The molecular weight excluding hydrogens is 356 g/mol. The quantitative estimate of drug-likeness (QED) is 0.608. The summed E-state index contributed by atoms with van der Waals surface area (Å²) in [5.41, 5.74) is 6.58. The number of nitrogens with two attached hydrogens (primary N) is 1. The summed E-state index contributed by atoms with van der Waals surface area (Å²) in [6.07, 6.45) is -0.375. The number of ether oxygens (including phenoxy) is 2. The first kappa shape index (κ1) is 21.2. The molecule has 1 aliphatic heterocycles. The predicted molar refractivity (Wildman–Crippen MR) is 107 cm³/mol. The van der Waals surface area contributed by atoms with E-state index in [0.717, 1.165) is 31.9 Å². The fourth-order valence-corrected chi connectivity index (χ4v) is 2.29. The molecule has 1 heterocycles. The summed E-state index contributed by atoms with van der Waals surface area (Å²) in [4.78, 5) is 22.1. The molecule has 1 saturated heterocycles. The Morgan fingerprint density at radius 2 is 1.71 bits per heavy atom. The number of primary amides is 1. The molecule has 0 unspecified atom stereocenters. The Hall–Kier alpha value is -3.14. The van der Waals surface area contributed by atoms with Gasteiger partial charge in [0.2, 0.25) is 11.7 Å². The molecule has 2 aromatic rings. The molecule has 0 aliphatic carbocycles. The fourth-order valence-electron chi connectivity index (χ4n) is 2.29. The highest BCUT2D eigenvalue weighted by molar-refractivity contribution is 6.07. The normalized spacial score (nSPS) is 12.6. The molecule has 0 bridgehead atoms. The Balaban J connectivity index is 0.000000397. The van der Waals surface area contributed by atoms with E-state index in [2.05, 4.69) is 17.2 Å². The van der Waals surface area contributed by atoms with E-state index in [-0.39, 0.29) is 6.42 Å². The minimum atomic E-state index is -0.687. The number of morpholine rings is 1. The first-order valence-electron chi connectivity index (χ1n) is 9.02. The van der Waals surface area contributed by atoms with Crippen LogP contribution in [0, 0.1) is 11.8 Å². The van der Waals surface area contributed by atoms with Gasteiger partial charge in [-0.2, -0.15) is 0 Å². The first-order valence-corrected chi connectivity index (χ1v) is 9.02. The number of hydrogen-bond donors (Lipinski definition) is 2. The van der Waals surface area contributed by atoms with Crippen molar-refractivity contribution < 1.29 is 19.1 Å². The molecule has 6 nitrogen and oxygen atoms in total. The van der Waals surface area contributed by atoms with E-state index >= 15 is 0 Å². The van der Waals surface area contributed by atoms with E-state index in [1.54, 1.807) is 18.2 Å². The van der Waals surface area contributed by atoms with E-state index < -0.39 is 11.7 Å². The van der Waals surface area contributed by atoms with Gasteiger partial charge in [0.05, 0.1) is 25.2 Å². The number of ketones is 1. The molecule has 28 heavy (non-hydrogen) atoms. The number of Topliss-reactive ketones (excluding diaryl/α,β-unsaturated/α-hetero) is 1. The highest BCUT2D eigenvalue weighted by Crippen LogP contribution is 2.18. The zero-order valence-electron chi connectivity index (χ0n) is 15.6. The SMILES string of the molecule is C1COCCN1.NC(=O)CC(=O)C#Cc1ccccc1OCc1ccccc1. The molecule has 2 aromatic carbocycles. The van der Waals surface area contributed by atoms with Crippen LogP contribution in [0.3, 0.4) is 0 Å². The van der Waals surface area contributed by atoms with Crippen LogP contribution >= 0.6 is 0 Å².